The Bertz CT molecular complexity index is 1090. The van der Waals surface area contributed by atoms with E-state index in [1.54, 1.807) is 10.6 Å². The summed E-state index contributed by atoms with van der Waals surface area (Å²) < 4.78 is 23.0. The third-order valence-electron chi connectivity index (χ3n) is 12.3. The van der Waals surface area contributed by atoms with Crippen LogP contribution in [-0.4, -0.2) is 77.5 Å². The lowest BCUT2D eigenvalue weighted by Crippen LogP contribution is -2.48. The molecular formula is C39H58O4P2. The van der Waals surface area contributed by atoms with Gasteiger partial charge in [-0.05, 0) is 72.1 Å². The second-order valence-corrected chi connectivity index (χ2v) is 20.3. The van der Waals surface area contributed by atoms with Gasteiger partial charge >= 0.3 is 0 Å². The summed E-state index contributed by atoms with van der Waals surface area (Å²) in [7, 11) is -0.525. The van der Waals surface area contributed by atoms with Crippen molar-refractivity contribution in [3.8, 4) is 0 Å². The van der Waals surface area contributed by atoms with Crippen molar-refractivity contribution in [2.75, 3.05) is 77.5 Å². The molecule has 2 aromatic carbocycles. The zero-order chi connectivity index (χ0) is 31.8. The Morgan fingerprint density at radius 1 is 0.467 bits per heavy atom. The molecule has 248 valence electrons. The topological polar surface area (TPSA) is 36.9 Å². The second-order valence-electron chi connectivity index (χ2n) is 15.8. The second kappa shape index (κ2) is 13.6. The summed E-state index contributed by atoms with van der Waals surface area (Å²) in [6, 6.07) is 19.6. The average Bonchev–Trinajstić information content (AvgIpc) is 2.98. The zero-order valence-electron chi connectivity index (χ0n) is 29.0. The summed E-state index contributed by atoms with van der Waals surface area (Å²) in [5.41, 5.74) is 4.23. The summed E-state index contributed by atoms with van der Waals surface area (Å²) >= 11 is 0. The first-order valence-electron chi connectivity index (χ1n) is 17.6. The summed E-state index contributed by atoms with van der Waals surface area (Å²) in [5, 5.41) is 3.11. The van der Waals surface area contributed by atoms with E-state index >= 15 is 0 Å². The van der Waals surface area contributed by atoms with Gasteiger partial charge < -0.3 is 18.9 Å². The molecule has 4 fully saturated rings. The first-order valence-corrected chi connectivity index (χ1v) is 21.1. The molecule has 0 atom stereocenters. The van der Waals surface area contributed by atoms with E-state index in [4.69, 9.17) is 18.9 Å². The SMILES string of the molecule is CCC1(CP(CC2(CC)COC2)c2ccc(C(C)(C)c3ccc(P(CC4(CC)COC4)CC4(CC)COC4)cc3)cc2)COC1. The quantitative estimate of drug-likeness (QED) is 0.173. The van der Waals surface area contributed by atoms with Crippen LogP contribution in [0.2, 0.25) is 0 Å². The Morgan fingerprint density at radius 2 is 0.711 bits per heavy atom. The molecule has 4 nitrogen and oxygen atoms in total. The smallest absolute Gasteiger partial charge is 0.0548 e. The van der Waals surface area contributed by atoms with E-state index in [-0.39, 0.29) is 21.3 Å². The van der Waals surface area contributed by atoms with Crippen molar-refractivity contribution in [3.63, 3.8) is 0 Å². The van der Waals surface area contributed by atoms with Crippen LogP contribution in [0.5, 0.6) is 0 Å². The van der Waals surface area contributed by atoms with Crippen LogP contribution in [0, 0.1) is 21.7 Å². The van der Waals surface area contributed by atoms with E-state index in [1.807, 2.05) is 0 Å². The van der Waals surface area contributed by atoms with Crippen molar-refractivity contribution in [2.24, 2.45) is 21.7 Å². The summed E-state index contributed by atoms with van der Waals surface area (Å²) in [6.45, 7) is 21.7. The summed E-state index contributed by atoms with van der Waals surface area (Å²) in [5.74, 6) is 0. The molecule has 4 saturated heterocycles. The van der Waals surface area contributed by atoms with Gasteiger partial charge in [-0.25, -0.2) is 0 Å². The van der Waals surface area contributed by atoms with E-state index in [0.717, 1.165) is 52.9 Å². The lowest BCUT2D eigenvalue weighted by Gasteiger charge is -2.47. The van der Waals surface area contributed by atoms with Crippen LogP contribution >= 0.6 is 15.8 Å². The minimum Gasteiger partial charge on any atom is -0.380 e. The number of rotatable bonds is 16. The zero-order valence-corrected chi connectivity index (χ0v) is 30.7. The molecule has 45 heavy (non-hydrogen) atoms. The molecule has 4 aliphatic heterocycles. The van der Waals surface area contributed by atoms with Crippen LogP contribution in [0.4, 0.5) is 0 Å². The van der Waals surface area contributed by atoms with Gasteiger partial charge in [-0.2, -0.15) is 0 Å². The molecule has 0 unspecified atom stereocenters. The van der Waals surface area contributed by atoms with Gasteiger partial charge in [-0.1, -0.05) is 106 Å². The molecule has 2 aromatic rings. The van der Waals surface area contributed by atoms with Gasteiger partial charge in [-0.15, -0.1) is 0 Å². The fourth-order valence-corrected chi connectivity index (χ4v) is 14.6. The molecule has 0 bridgehead atoms. The third kappa shape index (κ3) is 6.86. The van der Waals surface area contributed by atoms with Crippen LogP contribution in [0.15, 0.2) is 48.5 Å². The predicted molar refractivity (Wildman–Crippen MR) is 192 cm³/mol. The van der Waals surface area contributed by atoms with Crippen molar-refractivity contribution < 1.29 is 18.9 Å². The van der Waals surface area contributed by atoms with Crippen molar-refractivity contribution in [1.82, 2.24) is 0 Å². The van der Waals surface area contributed by atoms with Crippen LogP contribution in [0.1, 0.15) is 78.4 Å². The Kier molecular flexibility index (Phi) is 10.3. The monoisotopic (exact) mass is 652 g/mol. The van der Waals surface area contributed by atoms with Crippen molar-refractivity contribution in [1.29, 1.82) is 0 Å². The summed E-state index contributed by atoms with van der Waals surface area (Å²) in [4.78, 5) is 0. The van der Waals surface area contributed by atoms with Gasteiger partial charge in [0.05, 0.1) is 52.9 Å². The Morgan fingerprint density at radius 3 is 0.889 bits per heavy atom. The minimum atomic E-state index is -0.263. The number of benzene rings is 2. The van der Waals surface area contributed by atoms with E-state index in [1.165, 1.54) is 61.5 Å². The van der Waals surface area contributed by atoms with Crippen LogP contribution < -0.4 is 10.6 Å². The molecule has 0 N–H and O–H groups in total. The van der Waals surface area contributed by atoms with Crippen molar-refractivity contribution in [2.45, 2.75) is 72.6 Å². The maximum absolute atomic E-state index is 5.75. The van der Waals surface area contributed by atoms with E-state index in [0.29, 0.717) is 21.7 Å². The molecular weight excluding hydrogens is 594 g/mol. The minimum absolute atomic E-state index is 0.0552. The van der Waals surface area contributed by atoms with Gasteiger partial charge in [0.1, 0.15) is 0 Å². The Hall–Kier alpha value is -0.860. The maximum Gasteiger partial charge on any atom is 0.0548 e. The predicted octanol–water partition coefficient (Wildman–Crippen LogP) is 7.93. The third-order valence-corrected chi connectivity index (χ3v) is 18.5. The first kappa shape index (κ1) is 34.0. The van der Waals surface area contributed by atoms with Gasteiger partial charge in [0.25, 0.3) is 0 Å². The molecule has 0 aliphatic carbocycles. The molecule has 4 aliphatic rings. The van der Waals surface area contributed by atoms with E-state index in [9.17, 15) is 0 Å². The van der Waals surface area contributed by atoms with Gasteiger partial charge in [0, 0.05) is 27.1 Å². The molecule has 6 rings (SSSR count). The van der Waals surface area contributed by atoms with Crippen LogP contribution in [0.25, 0.3) is 0 Å². The summed E-state index contributed by atoms with van der Waals surface area (Å²) in [6.07, 6.45) is 9.98. The molecule has 6 heteroatoms. The number of hydrogen-bond acceptors (Lipinski definition) is 4. The van der Waals surface area contributed by atoms with Gasteiger partial charge in [0.15, 0.2) is 0 Å². The fourth-order valence-electron chi connectivity index (χ4n) is 7.63. The number of ether oxygens (including phenoxy) is 4. The van der Waals surface area contributed by atoms with Crippen molar-refractivity contribution >= 4 is 26.5 Å². The fraction of sp³-hybridized carbons (Fsp3) is 0.692. The van der Waals surface area contributed by atoms with Crippen molar-refractivity contribution in [3.05, 3.63) is 59.7 Å². The molecule has 0 aromatic heterocycles. The highest BCUT2D eigenvalue weighted by molar-refractivity contribution is 7.66. The normalized spacial score (nSPS) is 22.8. The highest BCUT2D eigenvalue weighted by Gasteiger charge is 2.45. The number of hydrogen-bond donors (Lipinski definition) is 0. The van der Waals surface area contributed by atoms with E-state index in [2.05, 4.69) is 90.1 Å². The molecule has 0 spiro atoms. The van der Waals surface area contributed by atoms with Crippen LogP contribution in [-0.2, 0) is 24.4 Å². The highest BCUT2D eigenvalue weighted by Crippen LogP contribution is 2.53. The lowest BCUT2D eigenvalue weighted by atomic mass is 9.78. The average molecular weight is 653 g/mol. The molecule has 0 amide bonds. The Balaban J connectivity index is 1.20. The maximum atomic E-state index is 5.75. The van der Waals surface area contributed by atoms with Gasteiger partial charge in [0.2, 0.25) is 0 Å². The standard InChI is InChI=1S/C39H58O4P2/c1-7-36(19-40-20-36)27-44(28-37(8-2)21-41-22-37)33-15-11-31(12-16-33)35(5,6)32-13-17-34(18-14-32)45(29-38(9-3)23-42-24-38)30-39(10-4)25-43-26-39/h11-18H,7-10,19-30H2,1-6H3. The molecule has 0 saturated carbocycles. The van der Waals surface area contributed by atoms with E-state index < -0.39 is 0 Å². The largest absolute Gasteiger partial charge is 0.380 e. The molecule has 0 radical (unpaired) electrons. The highest BCUT2D eigenvalue weighted by atomic mass is 31.1. The first-order chi connectivity index (χ1) is 21.6. The Labute approximate surface area is 276 Å². The molecule has 4 heterocycles. The van der Waals surface area contributed by atoms with Gasteiger partial charge in [-0.3, -0.25) is 0 Å². The van der Waals surface area contributed by atoms with Crippen LogP contribution in [0.3, 0.4) is 0 Å². The lowest BCUT2D eigenvalue weighted by molar-refractivity contribution is -0.104.